The van der Waals surface area contributed by atoms with E-state index in [4.69, 9.17) is 0 Å². The van der Waals surface area contributed by atoms with Gasteiger partial charge in [0.05, 0.1) is 0 Å². The van der Waals surface area contributed by atoms with Crippen molar-refractivity contribution in [2.45, 2.75) is 19.8 Å². The van der Waals surface area contributed by atoms with Gasteiger partial charge >= 0.3 is 0 Å². The van der Waals surface area contributed by atoms with E-state index < -0.39 is 0 Å². The van der Waals surface area contributed by atoms with E-state index in [0.29, 0.717) is 0 Å². The van der Waals surface area contributed by atoms with Crippen LogP contribution in [0.15, 0.2) is 70.7 Å². The van der Waals surface area contributed by atoms with E-state index >= 15 is 0 Å². The van der Waals surface area contributed by atoms with Gasteiger partial charge in [0, 0.05) is 4.48 Å². The Morgan fingerprint density at radius 3 is 2.10 bits per heavy atom. The van der Waals surface area contributed by atoms with Crippen LogP contribution in [-0.4, -0.2) is 0 Å². The average molecular weight is 325 g/mol. The molecule has 0 nitrogen and oxygen atoms in total. The topological polar surface area (TPSA) is 0 Å². The van der Waals surface area contributed by atoms with Crippen LogP contribution in [0.2, 0.25) is 0 Å². The van der Waals surface area contributed by atoms with Crippen LogP contribution >= 0.6 is 15.9 Å². The Balaban J connectivity index is 1.95. The summed E-state index contributed by atoms with van der Waals surface area (Å²) in [5.41, 5.74) is 6.71. The lowest BCUT2D eigenvalue weighted by atomic mass is 9.91. The Bertz CT molecular complexity index is 661. The van der Waals surface area contributed by atoms with Crippen LogP contribution < -0.4 is 0 Å². The molecule has 2 aromatic carbocycles. The van der Waals surface area contributed by atoms with Gasteiger partial charge in [-0.05, 0) is 47.6 Å². The van der Waals surface area contributed by atoms with Crippen LogP contribution in [0, 0.1) is 0 Å². The molecule has 0 unspecified atom stereocenters. The van der Waals surface area contributed by atoms with Gasteiger partial charge in [-0.15, -0.1) is 0 Å². The van der Waals surface area contributed by atoms with Crippen molar-refractivity contribution < 1.29 is 0 Å². The zero-order chi connectivity index (χ0) is 13.9. The highest BCUT2D eigenvalue weighted by Crippen LogP contribution is 2.35. The number of hydrogen-bond donors (Lipinski definition) is 0. The second kappa shape index (κ2) is 5.80. The Labute approximate surface area is 129 Å². The average Bonchev–Trinajstić information content (AvgIpc) is 2.51. The molecule has 0 aromatic heterocycles. The monoisotopic (exact) mass is 324 g/mol. The first-order chi connectivity index (χ1) is 9.75. The molecule has 0 fully saturated rings. The van der Waals surface area contributed by atoms with E-state index in [9.17, 15) is 0 Å². The molecule has 0 radical (unpaired) electrons. The molecule has 1 heteroatoms. The fraction of sp³-hybridized carbons (Fsp3) is 0.158. The molecule has 1 aliphatic rings. The van der Waals surface area contributed by atoms with Gasteiger partial charge in [-0.3, -0.25) is 0 Å². The van der Waals surface area contributed by atoms with Gasteiger partial charge in [-0.2, -0.15) is 0 Å². The van der Waals surface area contributed by atoms with Crippen molar-refractivity contribution in [2.24, 2.45) is 0 Å². The molecule has 100 valence electrons. The number of rotatable bonds is 2. The highest BCUT2D eigenvalue weighted by Gasteiger charge is 2.12. The van der Waals surface area contributed by atoms with Crippen LogP contribution in [0.1, 0.15) is 25.3 Å². The lowest BCUT2D eigenvalue weighted by Gasteiger charge is -2.17. The molecular formula is C19H17Br. The van der Waals surface area contributed by atoms with Crippen molar-refractivity contribution >= 4 is 21.5 Å². The van der Waals surface area contributed by atoms with E-state index in [0.717, 1.165) is 12.8 Å². The lowest BCUT2D eigenvalue weighted by Crippen LogP contribution is -1.95. The van der Waals surface area contributed by atoms with E-state index in [-0.39, 0.29) is 0 Å². The maximum Gasteiger partial charge on any atom is 0.0167 e. The predicted octanol–water partition coefficient (Wildman–Crippen LogP) is 6.20. The summed E-state index contributed by atoms with van der Waals surface area (Å²) in [6, 6.07) is 19.4. The molecular weight excluding hydrogens is 308 g/mol. The van der Waals surface area contributed by atoms with Crippen LogP contribution in [-0.2, 0) is 0 Å². The summed E-state index contributed by atoms with van der Waals surface area (Å²) >= 11 is 3.65. The van der Waals surface area contributed by atoms with E-state index in [1.165, 1.54) is 32.3 Å². The zero-order valence-electron chi connectivity index (χ0n) is 11.6. The quantitative estimate of drug-likeness (QED) is 0.617. The summed E-state index contributed by atoms with van der Waals surface area (Å²) in [5, 5.41) is 0. The van der Waals surface area contributed by atoms with Crippen LogP contribution in [0.4, 0.5) is 0 Å². The minimum atomic E-state index is 1.12. The number of allylic oxidation sites excluding steroid dienone is 4. The highest BCUT2D eigenvalue weighted by molar-refractivity contribution is 9.12. The molecule has 20 heavy (non-hydrogen) atoms. The third kappa shape index (κ3) is 2.64. The summed E-state index contributed by atoms with van der Waals surface area (Å²) in [5.74, 6) is 0. The van der Waals surface area contributed by atoms with Gasteiger partial charge in [0.2, 0.25) is 0 Å². The van der Waals surface area contributed by atoms with E-state index in [1.807, 2.05) is 0 Å². The summed E-state index contributed by atoms with van der Waals surface area (Å²) in [4.78, 5) is 0. The standard InChI is InChI=1S/C19H17Br/c1-14-18(8-5-9-19(14)20)17-12-10-16(11-13-17)15-6-3-2-4-7-15/h2-4,6-7,9-13H,5,8H2,1H3. The summed E-state index contributed by atoms with van der Waals surface area (Å²) in [6.07, 6.45) is 4.51. The third-order valence-electron chi connectivity index (χ3n) is 3.87. The molecule has 0 aliphatic heterocycles. The molecule has 0 spiro atoms. The molecule has 2 aromatic rings. The second-order valence-corrected chi connectivity index (χ2v) is 5.99. The normalized spacial score (nSPS) is 15.2. The highest BCUT2D eigenvalue weighted by atomic mass is 79.9. The van der Waals surface area contributed by atoms with Gasteiger partial charge in [0.15, 0.2) is 0 Å². The SMILES string of the molecule is CC1=C(c2ccc(-c3ccccc3)cc2)CCC=C1Br. The molecule has 0 saturated carbocycles. The Kier molecular flexibility index (Phi) is 3.88. The van der Waals surface area contributed by atoms with Gasteiger partial charge in [-0.25, -0.2) is 0 Å². The van der Waals surface area contributed by atoms with E-state index in [2.05, 4.69) is 83.5 Å². The third-order valence-corrected chi connectivity index (χ3v) is 4.79. The predicted molar refractivity (Wildman–Crippen MR) is 90.7 cm³/mol. The van der Waals surface area contributed by atoms with Crippen molar-refractivity contribution in [1.82, 2.24) is 0 Å². The molecule has 0 bridgehead atoms. The first-order valence-electron chi connectivity index (χ1n) is 6.97. The second-order valence-electron chi connectivity index (χ2n) is 5.14. The molecule has 3 rings (SSSR count). The van der Waals surface area contributed by atoms with Crippen molar-refractivity contribution in [1.29, 1.82) is 0 Å². The molecule has 0 amide bonds. The lowest BCUT2D eigenvalue weighted by molar-refractivity contribution is 1.03. The van der Waals surface area contributed by atoms with Crippen molar-refractivity contribution in [3.63, 3.8) is 0 Å². The van der Waals surface area contributed by atoms with Crippen molar-refractivity contribution in [3.05, 3.63) is 76.3 Å². The van der Waals surface area contributed by atoms with Crippen LogP contribution in [0.25, 0.3) is 16.7 Å². The first kappa shape index (κ1) is 13.4. The zero-order valence-corrected chi connectivity index (χ0v) is 13.2. The van der Waals surface area contributed by atoms with Gasteiger partial charge in [0.1, 0.15) is 0 Å². The molecule has 0 N–H and O–H groups in total. The minimum absolute atomic E-state index is 1.12. The smallest absolute Gasteiger partial charge is 0.0167 e. The van der Waals surface area contributed by atoms with E-state index in [1.54, 1.807) is 0 Å². The minimum Gasteiger partial charge on any atom is -0.0697 e. The summed E-state index contributed by atoms with van der Waals surface area (Å²) in [6.45, 7) is 2.19. The van der Waals surface area contributed by atoms with Crippen LogP contribution in [0.5, 0.6) is 0 Å². The van der Waals surface area contributed by atoms with Crippen molar-refractivity contribution in [3.8, 4) is 11.1 Å². The summed E-state index contributed by atoms with van der Waals surface area (Å²) in [7, 11) is 0. The largest absolute Gasteiger partial charge is 0.0697 e. The number of hydrogen-bond acceptors (Lipinski definition) is 0. The Hall–Kier alpha value is -1.60. The summed E-state index contributed by atoms with van der Waals surface area (Å²) < 4.78 is 1.24. The fourth-order valence-electron chi connectivity index (χ4n) is 2.68. The van der Waals surface area contributed by atoms with Gasteiger partial charge in [-0.1, -0.05) is 76.6 Å². The van der Waals surface area contributed by atoms with Gasteiger partial charge < -0.3 is 0 Å². The maximum absolute atomic E-state index is 3.65. The van der Waals surface area contributed by atoms with Crippen molar-refractivity contribution in [2.75, 3.05) is 0 Å². The molecule has 0 heterocycles. The number of halogens is 1. The molecule has 0 saturated heterocycles. The fourth-order valence-corrected chi connectivity index (χ4v) is 3.15. The molecule has 0 atom stereocenters. The van der Waals surface area contributed by atoms with Crippen LogP contribution in [0.3, 0.4) is 0 Å². The first-order valence-corrected chi connectivity index (χ1v) is 7.76. The Morgan fingerprint density at radius 2 is 1.40 bits per heavy atom. The molecule has 1 aliphatic carbocycles. The number of benzene rings is 2. The Morgan fingerprint density at radius 1 is 0.800 bits per heavy atom. The maximum atomic E-state index is 3.65. The van der Waals surface area contributed by atoms with Gasteiger partial charge in [0.25, 0.3) is 0 Å².